The van der Waals surface area contributed by atoms with Gasteiger partial charge in [-0.25, -0.2) is 4.39 Å². The molecular formula is C15H14BrFOS. The van der Waals surface area contributed by atoms with Gasteiger partial charge in [-0.3, -0.25) is 0 Å². The molecule has 1 N–H and O–H groups in total. The minimum Gasteiger partial charge on any atom is -0.384 e. The molecular weight excluding hydrogens is 327 g/mol. The number of aliphatic hydroxyl groups is 1. The van der Waals surface area contributed by atoms with E-state index in [2.05, 4.69) is 22.9 Å². The van der Waals surface area contributed by atoms with Crippen molar-refractivity contribution in [3.63, 3.8) is 0 Å². The Morgan fingerprint density at radius 2 is 1.89 bits per heavy atom. The molecule has 0 radical (unpaired) electrons. The lowest BCUT2D eigenvalue weighted by molar-refractivity contribution is 0.215. The van der Waals surface area contributed by atoms with E-state index in [-0.39, 0.29) is 5.56 Å². The number of rotatable bonds is 4. The third-order valence-electron chi connectivity index (χ3n) is 2.76. The quantitative estimate of drug-likeness (QED) is 0.808. The maximum atomic E-state index is 13.7. The van der Waals surface area contributed by atoms with Crippen molar-refractivity contribution in [1.82, 2.24) is 0 Å². The minimum absolute atomic E-state index is 0.283. The zero-order chi connectivity index (χ0) is 13.8. The van der Waals surface area contributed by atoms with Crippen LogP contribution in [0.2, 0.25) is 0 Å². The van der Waals surface area contributed by atoms with Crippen molar-refractivity contribution in [2.45, 2.75) is 17.9 Å². The van der Waals surface area contributed by atoms with Crippen LogP contribution in [-0.4, -0.2) is 10.9 Å². The standard InChI is InChI=1S/C15H14BrFOS/c1-2-19-12-6-3-10(4-7-12)15(18)13-9-11(16)5-8-14(13)17/h3-9,15,18H,2H2,1H3. The molecule has 0 fully saturated rings. The Labute approximate surface area is 125 Å². The molecule has 0 aliphatic heterocycles. The molecule has 0 saturated heterocycles. The molecule has 1 nitrogen and oxygen atoms in total. The van der Waals surface area contributed by atoms with E-state index >= 15 is 0 Å². The molecule has 0 saturated carbocycles. The van der Waals surface area contributed by atoms with Crippen molar-refractivity contribution in [3.05, 3.63) is 63.9 Å². The molecule has 0 heterocycles. The van der Waals surface area contributed by atoms with Crippen LogP contribution in [0.3, 0.4) is 0 Å². The molecule has 0 spiro atoms. The van der Waals surface area contributed by atoms with Crippen LogP contribution in [-0.2, 0) is 0 Å². The summed E-state index contributed by atoms with van der Waals surface area (Å²) in [6.07, 6.45) is -0.946. The molecule has 2 aromatic carbocycles. The van der Waals surface area contributed by atoms with E-state index in [1.807, 2.05) is 24.3 Å². The number of thioether (sulfide) groups is 1. The Balaban J connectivity index is 2.27. The molecule has 100 valence electrons. The Morgan fingerprint density at radius 3 is 2.53 bits per heavy atom. The van der Waals surface area contributed by atoms with Gasteiger partial charge in [-0.15, -0.1) is 11.8 Å². The maximum absolute atomic E-state index is 13.7. The summed E-state index contributed by atoms with van der Waals surface area (Å²) in [5.74, 6) is 0.602. The topological polar surface area (TPSA) is 20.2 Å². The average molecular weight is 341 g/mol. The van der Waals surface area contributed by atoms with Gasteiger partial charge in [0.2, 0.25) is 0 Å². The highest BCUT2D eigenvalue weighted by molar-refractivity contribution is 9.10. The van der Waals surface area contributed by atoms with Gasteiger partial charge in [0.05, 0.1) is 0 Å². The fourth-order valence-corrected chi connectivity index (χ4v) is 2.86. The first-order valence-electron chi connectivity index (χ1n) is 5.97. The Kier molecular flexibility index (Phi) is 5.02. The summed E-state index contributed by atoms with van der Waals surface area (Å²) in [6, 6.07) is 12.1. The van der Waals surface area contributed by atoms with E-state index in [0.717, 1.165) is 15.1 Å². The van der Waals surface area contributed by atoms with Crippen LogP contribution in [0, 0.1) is 5.82 Å². The van der Waals surface area contributed by atoms with Crippen LogP contribution in [0.4, 0.5) is 4.39 Å². The van der Waals surface area contributed by atoms with Crippen LogP contribution >= 0.6 is 27.7 Å². The lowest BCUT2D eigenvalue weighted by Crippen LogP contribution is -2.02. The maximum Gasteiger partial charge on any atom is 0.129 e. The summed E-state index contributed by atoms with van der Waals surface area (Å²) in [5, 5.41) is 10.3. The van der Waals surface area contributed by atoms with Crippen molar-refractivity contribution >= 4 is 27.7 Å². The number of hydrogen-bond donors (Lipinski definition) is 1. The highest BCUT2D eigenvalue weighted by atomic mass is 79.9. The second-order valence-corrected chi connectivity index (χ2v) is 6.32. The molecule has 0 aromatic heterocycles. The summed E-state index contributed by atoms with van der Waals surface area (Å²) < 4.78 is 14.5. The summed E-state index contributed by atoms with van der Waals surface area (Å²) in [4.78, 5) is 1.15. The van der Waals surface area contributed by atoms with Gasteiger partial charge >= 0.3 is 0 Å². The second-order valence-electron chi connectivity index (χ2n) is 4.07. The average Bonchev–Trinajstić information content (AvgIpc) is 2.42. The number of benzene rings is 2. The van der Waals surface area contributed by atoms with Gasteiger partial charge in [-0.2, -0.15) is 0 Å². The lowest BCUT2D eigenvalue weighted by Gasteiger charge is -2.13. The molecule has 0 bridgehead atoms. The first kappa shape index (κ1) is 14.6. The molecule has 2 rings (SSSR count). The summed E-state index contributed by atoms with van der Waals surface area (Å²) in [7, 11) is 0. The Hall–Kier alpha value is -0.840. The van der Waals surface area contributed by atoms with E-state index in [4.69, 9.17) is 0 Å². The molecule has 1 atom stereocenters. The highest BCUT2D eigenvalue weighted by Gasteiger charge is 2.15. The lowest BCUT2D eigenvalue weighted by atomic mass is 10.0. The van der Waals surface area contributed by atoms with Gasteiger partial charge in [0, 0.05) is 14.9 Å². The van der Waals surface area contributed by atoms with Gasteiger partial charge in [0.25, 0.3) is 0 Å². The summed E-state index contributed by atoms with van der Waals surface area (Å²) in [6.45, 7) is 2.09. The molecule has 19 heavy (non-hydrogen) atoms. The fourth-order valence-electron chi connectivity index (χ4n) is 1.82. The van der Waals surface area contributed by atoms with Crippen LogP contribution in [0.15, 0.2) is 51.8 Å². The molecule has 0 aliphatic carbocycles. The van der Waals surface area contributed by atoms with Crippen molar-refractivity contribution in [2.24, 2.45) is 0 Å². The third kappa shape index (κ3) is 3.59. The smallest absolute Gasteiger partial charge is 0.129 e. The summed E-state index contributed by atoms with van der Waals surface area (Å²) >= 11 is 5.02. The molecule has 2 aromatic rings. The zero-order valence-corrected chi connectivity index (χ0v) is 12.8. The van der Waals surface area contributed by atoms with E-state index in [9.17, 15) is 9.50 Å². The summed E-state index contributed by atoms with van der Waals surface area (Å²) in [5.41, 5.74) is 0.975. The Bertz CT molecular complexity index is 557. The van der Waals surface area contributed by atoms with E-state index < -0.39 is 11.9 Å². The first-order chi connectivity index (χ1) is 9.11. The molecule has 0 amide bonds. The molecule has 0 aliphatic rings. The first-order valence-corrected chi connectivity index (χ1v) is 7.75. The number of halogens is 2. The number of hydrogen-bond acceptors (Lipinski definition) is 2. The largest absolute Gasteiger partial charge is 0.384 e. The van der Waals surface area contributed by atoms with Crippen molar-refractivity contribution in [1.29, 1.82) is 0 Å². The van der Waals surface area contributed by atoms with Gasteiger partial charge in [-0.1, -0.05) is 35.0 Å². The number of aliphatic hydroxyl groups excluding tert-OH is 1. The van der Waals surface area contributed by atoms with Crippen LogP contribution < -0.4 is 0 Å². The van der Waals surface area contributed by atoms with Crippen LogP contribution in [0.5, 0.6) is 0 Å². The molecule has 4 heteroatoms. The normalized spacial score (nSPS) is 12.4. The molecule has 1 unspecified atom stereocenters. The predicted molar refractivity (Wildman–Crippen MR) is 81.0 cm³/mol. The Morgan fingerprint density at radius 1 is 1.21 bits per heavy atom. The van der Waals surface area contributed by atoms with Gasteiger partial charge in [0.1, 0.15) is 11.9 Å². The second kappa shape index (κ2) is 6.55. The highest BCUT2D eigenvalue weighted by Crippen LogP contribution is 2.28. The van der Waals surface area contributed by atoms with E-state index in [1.54, 1.807) is 23.9 Å². The van der Waals surface area contributed by atoms with Gasteiger partial charge in [0.15, 0.2) is 0 Å². The van der Waals surface area contributed by atoms with Crippen LogP contribution in [0.25, 0.3) is 0 Å². The predicted octanol–water partition coefficient (Wildman–Crippen LogP) is 4.78. The third-order valence-corrected chi connectivity index (χ3v) is 4.15. The van der Waals surface area contributed by atoms with Crippen LogP contribution in [0.1, 0.15) is 24.2 Å². The monoisotopic (exact) mass is 340 g/mol. The van der Waals surface area contributed by atoms with Crippen molar-refractivity contribution < 1.29 is 9.50 Å². The van der Waals surface area contributed by atoms with Crippen molar-refractivity contribution in [2.75, 3.05) is 5.75 Å². The van der Waals surface area contributed by atoms with E-state index in [1.165, 1.54) is 6.07 Å². The van der Waals surface area contributed by atoms with Gasteiger partial charge in [-0.05, 0) is 41.6 Å². The minimum atomic E-state index is -0.946. The van der Waals surface area contributed by atoms with E-state index in [0.29, 0.717) is 5.56 Å². The van der Waals surface area contributed by atoms with Crippen molar-refractivity contribution in [3.8, 4) is 0 Å². The fraction of sp³-hybridized carbons (Fsp3) is 0.200. The van der Waals surface area contributed by atoms with Gasteiger partial charge < -0.3 is 5.11 Å². The zero-order valence-electron chi connectivity index (χ0n) is 10.4. The SMILES string of the molecule is CCSc1ccc(C(O)c2cc(Br)ccc2F)cc1.